The third kappa shape index (κ3) is 1.31. The molecule has 12 heavy (non-hydrogen) atoms. The number of hydrogen-bond donors (Lipinski definition) is 3. The van der Waals surface area contributed by atoms with Crippen LogP contribution in [0.1, 0.15) is 0 Å². The van der Waals surface area contributed by atoms with Gasteiger partial charge in [-0.1, -0.05) is 0 Å². The van der Waals surface area contributed by atoms with E-state index in [1.54, 1.807) is 12.4 Å². The summed E-state index contributed by atoms with van der Waals surface area (Å²) in [7, 11) is 0. The van der Waals surface area contributed by atoms with E-state index in [0.29, 0.717) is 5.95 Å². The van der Waals surface area contributed by atoms with Crippen molar-refractivity contribution in [2.45, 2.75) is 0 Å². The van der Waals surface area contributed by atoms with Crippen LogP contribution in [0.5, 0.6) is 0 Å². The predicted octanol–water partition coefficient (Wildman–Crippen LogP) is -0.432. The molecule has 0 atom stereocenters. The Morgan fingerprint density at radius 3 is 3.00 bits per heavy atom. The van der Waals surface area contributed by atoms with E-state index in [0.717, 1.165) is 13.1 Å². The molecule has 2 rings (SSSR count). The quantitative estimate of drug-likeness (QED) is 0.558. The molecule has 1 fully saturated rings. The summed E-state index contributed by atoms with van der Waals surface area (Å²) in [5.41, 5.74) is 0. The number of anilines is 1. The second-order valence-corrected chi connectivity index (χ2v) is 2.78. The lowest BCUT2D eigenvalue weighted by atomic mass is 10.0. The number of rotatable bonds is 2. The Morgan fingerprint density at radius 1 is 1.67 bits per heavy atom. The van der Waals surface area contributed by atoms with E-state index in [1.807, 2.05) is 0 Å². The molecule has 0 saturated carbocycles. The SMILES string of the molecule is O=C(Nc1ncc[nH]1)C1CNC1. The zero-order valence-corrected chi connectivity index (χ0v) is 6.50. The largest absolute Gasteiger partial charge is 0.331 e. The lowest BCUT2D eigenvalue weighted by Gasteiger charge is -2.25. The van der Waals surface area contributed by atoms with Crippen LogP contribution in [0.4, 0.5) is 5.95 Å². The van der Waals surface area contributed by atoms with Crippen LogP contribution in [-0.2, 0) is 4.79 Å². The van der Waals surface area contributed by atoms with Gasteiger partial charge in [-0.2, -0.15) is 0 Å². The van der Waals surface area contributed by atoms with E-state index >= 15 is 0 Å². The number of nitrogens with zero attached hydrogens (tertiary/aromatic N) is 1. The number of hydrogen-bond acceptors (Lipinski definition) is 3. The first-order valence-corrected chi connectivity index (χ1v) is 3.87. The Morgan fingerprint density at radius 2 is 2.50 bits per heavy atom. The molecule has 1 amide bonds. The maximum Gasteiger partial charge on any atom is 0.232 e. The second-order valence-electron chi connectivity index (χ2n) is 2.78. The smallest absolute Gasteiger partial charge is 0.232 e. The van der Waals surface area contributed by atoms with E-state index < -0.39 is 0 Å². The first kappa shape index (κ1) is 7.30. The van der Waals surface area contributed by atoms with Gasteiger partial charge in [0.2, 0.25) is 11.9 Å². The van der Waals surface area contributed by atoms with Gasteiger partial charge < -0.3 is 10.3 Å². The van der Waals surface area contributed by atoms with Gasteiger partial charge in [0.05, 0.1) is 5.92 Å². The van der Waals surface area contributed by atoms with Crippen molar-refractivity contribution in [3.05, 3.63) is 12.4 Å². The van der Waals surface area contributed by atoms with Gasteiger partial charge in [-0.3, -0.25) is 10.1 Å². The fraction of sp³-hybridized carbons (Fsp3) is 0.429. The number of imidazole rings is 1. The van der Waals surface area contributed by atoms with Crippen LogP contribution >= 0.6 is 0 Å². The summed E-state index contributed by atoms with van der Waals surface area (Å²) in [4.78, 5) is 18.0. The van der Waals surface area contributed by atoms with E-state index in [9.17, 15) is 4.79 Å². The predicted molar refractivity (Wildman–Crippen MR) is 43.6 cm³/mol. The Balaban J connectivity index is 1.90. The molecule has 1 aliphatic heterocycles. The molecule has 1 aliphatic rings. The molecular formula is C7H10N4O. The standard InChI is InChI=1S/C7H10N4O/c12-6(5-3-8-4-5)11-7-9-1-2-10-7/h1-2,5,8H,3-4H2,(H2,9,10,11,12). The molecule has 1 aromatic heterocycles. The van der Waals surface area contributed by atoms with Gasteiger partial charge in [-0.15, -0.1) is 0 Å². The number of nitrogens with one attached hydrogen (secondary N) is 3. The minimum absolute atomic E-state index is 0.0312. The highest BCUT2D eigenvalue weighted by Gasteiger charge is 2.24. The van der Waals surface area contributed by atoms with Crippen LogP contribution in [0.25, 0.3) is 0 Å². The molecule has 0 radical (unpaired) electrons. The van der Waals surface area contributed by atoms with Crippen LogP contribution in [0.3, 0.4) is 0 Å². The number of carbonyl (C=O) groups excluding carboxylic acids is 1. The Kier molecular flexibility index (Phi) is 1.79. The second kappa shape index (κ2) is 2.94. The molecule has 0 unspecified atom stereocenters. The van der Waals surface area contributed by atoms with Crippen LogP contribution in [0.2, 0.25) is 0 Å². The molecule has 3 N–H and O–H groups in total. The van der Waals surface area contributed by atoms with Crippen LogP contribution in [0, 0.1) is 5.92 Å². The van der Waals surface area contributed by atoms with Crippen LogP contribution < -0.4 is 10.6 Å². The number of aromatic nitrogens is 2. The van der Waals surface area contributed by atoms with Crippen molar-refractivity contribution >= 4 is 11.9 Å². The van der Waals surface area contributed by atoms with E-state index in [-0.39, 0.29) is 11.8 Å². The van der Waals surface area contributed by atoms with Crippen molar-refractivity contribution in [3.63, 3.8) is 0 Å². The van der Waals surface area contributed by atoms with Crippen molar-refractivity contribution in [1.29, 1.82) is 0 Å². The van der Waals surface area contributed by atoms with Crippen molar-refractivity contribution in [2.75, 3.05) is 18.4 Å². The van der Waals surface area contributed by atoms with Gasteiger partial charge in [0.25, 0.3) is 0 Å². The maximum atomic E-state index is 11.3. The summed E-state index contributed by atoms with van der Waals surface area (Å²) in [6.45, 7) is 1.54. The van der Waals surface area contributed by atoms with Crippen molar-refractivity contribution in [3.8, 4) is 0 Å². The van der Waals surface area contributed by atoms with Crippen molar-refractivity contribution < 1.29 is 4.79 Å². The summed E-state index contributed by atoms with van der Waals surface area (Å²) < 4.78 is 0. The third-order valence-electron chi connectivity index (χ3n) is 1.89. The monoisotopic (exact) mass is 166 g/mol. The molecule has 0 aromatic carbocycles. The topological polar surface area (TPSA) is 69.8 Å². The zero-order chi connectivity index (χ0) is 8.39. The van der Waals surface area contributed by atoms with Crippen LogP contribution in [0.15, 0.2) is 12.4 Å². The lowest BCUT2D eigenvalue weighted by Crippen LogP contribution is -2.48. The van der Waals surface area contributed by atoms with Gasteiger partial charge >= 0.3 is 0 Å². The third-order valence-corrected chi connectivity index (χ3v) is 1.89. The average molecular weight is 166 g/mol. The Hall–Kier alpha value is -1.36. The van der Waals surface area contributed by atoms with Crippen molar-refractivity contribution in [1.82, 2.24) is 15.3 Å². The maximum absolute atomic E-state index is 11.3. The normalized spacial score (nSPS) is 17.0. The summed E-state index contributed by atoms with van der Waals surface area (Å²) in [5, 5.41) is 5.71. The van der Waals surface area contributed by atoms with Gasteiger partial charge in [0, 0.05) is 25.5 Å². The number of carbonyl (C=O) groups is 1. The molecule has 5 heteroatoms. The molecule has 2 heterocycles. The molecular weight excluding hydrogens is 156 g/mol. The fourth-order valence-electron chi connectivity index (χ4n) is 1.03. The molecule has 0 spiro atoms. The van der Waals surface area contributed by atoms with Gasteiger partial charge in [-0.25, -0.2) is 4.98 Å². The van der Waals surface area contributed by atoms with Gasteiger partial charge in [-0.05, 0) is 0 Å². The summed E-state index contributed by atoms with van der Waals surface area (Å²) in [6.07, 6.45) is 3.28. The number of aromatic amines is 1. The number of amides is 1. The Bertz CT molecular complexity index is 265. The molecule has 1 saturated heterocycles. The molecule has 1 aromatic rings. The summed E-state index contributed by atoms with van der Waals surface area (Å²) >= 11 is 0. The average Bonchev–Trinajstić information content (AvgIpc) is 2.34. The van der Waals surface area contributed by atoms with Crippen molar-refractivity contribution in [2.24, 2.45) is 5.92 Å². The fourth-order valence-corrected chi connectivity index (χ4v) is 1.03. The molecule has 0 aliphatic carbocycles. The van der Waals surface area contributed by atoms with E-state index in [2.05, 4.69) is 20.6 Å². The highest BCUT2D eigenvalue weighted by molar-refractivity contribution is 5.91. The lowest BCUT2D eigenvalue weighted by molar-refractivity contribution is -0.121. The van der Waals surface area contributed by atoms with Gasteiger partial charge in [0.1, 0.15) is 0 Å². The summed E-state index contributed by atoms with van der Waals surface area (Å²) in [5.74, 6) is 0.658. The molecule has 5 nitrogen and oxygen atoms in total. The number of H-pyrrole nitrogens is 1. The zero-order valence-electron chi connectivity index (χ0n) is 6.50. The molecule has 64 valence electrons. The first-order chi connectivity index (χ1) is 5.86. The van der Waals surface area contributed by atoms with E-state index in [1.165, 1.54) is 0 Å². The highest BCUT2D eigenvalue weighted by Crippen LogP contribution is 2.05. The van der Waals surface area contributed by atoms with Crippen LogP contribution in [-0.4, -0.2) is 29.0 Å². The first-order valence-electron chi connectivity index (χ1n) is 3.87. The van der Waals surface area contributed by atoms with E-state index in [4.69, 9.17) is 0 Å². The minimum atomic E-state index is 0.0312. The van der Waals surface area contributed by atoms with Gasteiger partial charge in [0.15, 0.2) is 0 Å². The minimum Gasteiger partial charge on any atom is -0.331 e. The Labute approximate surface area is 69.6 Å². The molecule has 0 bridgehead atoms. The summed E-state index contributed by atoms with van der Waals surface area (Å²) in [6, 6.07) is 0. The highest BCUT2D eigenvalue weighted by atomic mass is 16.2.